The average Bonchev–Trinajstić information content (AvgIpc) is 3.13. The van der Waals surface area contributed by atoms with E-state index in [4.69, 9.17) is 9.47 Å². The fourth-order valence-electron chi connectivity index (χ4n) is 2.56. The summed E-state index contributed by atoms with van der Waals surface area (Å²) in [5, 5.41) is 5.21. The minimum absolute atomic E-state index is 0.172. The van der Waals surface area contributed by atoms with Gasteiger partial charge in [0.2, 0.25) is 6.79 Å². The number of carbonyl (C=O) groups excluding carboxylic acids is 1. The van der Waals surface area contributed by atoms with Crippen molar-refractivity contribution in [3.63, 3.8) is 0 Å². The van der Waals surface area contributed by atoms with Gasteiger partial charge in [-0.2, -0.15) is 5.10 Å². The Bertz CT molecular complexity index is 998. The molecule has 0 unspecified atom stereocenters. The third-order valence-electron chi connectivity index (χ3n) is 3.93. The van der Waals surface area contributed by atoms with Crippen LogP contribution >= 0.6 is 0 Å². The number of aromatic nitrogens is 1. The van der Waals surface area contributed by atoms with E-state index in [-0.39, 0.29) is 12.7 Å². The van der Waals surface area contributed by atoms with Crippen LogP contribution in [0.4, 0.5) is 0 Å². The summed E-state index contributed by atoms with van der Waals surface area (Å²) in [5.74, 6) is 0.875. The summed E-state index contributed by atoms with van der Waals surface area (Å²) in [6.45, 7) is 1.97. The SMILES string of the molecule is C/C(=N\NC(=O)c1ccc2c(c1)OCO2)c1ccc2ccccc2n1. The van der Waals surface area contributed by atoms with Crippen LogP contribution in [-0.2, 0) is 0 Å². The third-order valence-corrected chi connectivity index (χ3v) is 3.93. The number of para-hydroxylation sites is 1. The number of carbonyl (C=O) groups is 1. The Hall–Kier alpha value is -3.41. The van der Waals surface area contributed by atoms with Crippen molar-refractivity contribution in [1.82, 2.24) is 10.4 Å². The first-order valence-electron chi connectivity index (χ1n) is 7.81. The topological polar surface area (TPSA) is 72.8 Å². The predicted molar refractivity (Wildman–Crippen MR) is 94.0 cm³/mol. The molecule has 0 saturated carbocycles. The number of ether oxygens (including phenoxy) is 2. The first-order valence-corrected chi connectivity index (χ1v) is 7.81. The van der Waals surface area contributed by atoms with E-state index in [1.807, 2.05) is 36.4 Å². The molecule has 0 radical (unpaired) electrons. The number of hydrogen-bond acceptors (Lipinski definition) is 5. The van der Waals surface area contributed by atoms with E-state index in [0.717, 1.165) is 10.9 Å². The highest BCUT2D eigenvalue weighted by atomic mass is 16.7. The second-order valence-electron chi connectivity index (χ2n) is 5.60. The van der Waals surface area contributed by atoms with Crippen molar-refractivity contribution in [3.8, 4) is 11.5 Å². The number of fused-ring (bicyclic) bond motifs is 2. The first-order chi connectivity index (χ1) is 12.2. The molecular formula is C19H15N3O3. The number of rotatable bonds is 3. The van der Waals surface area contributed by atoms with E-state index in [1.54, 1.807) is 25.1 Å². The molecule has 1 aromatic heterocycles. The van der Waals surface area contributed by atoms with E-state index in [2.05, 4.69) is 15.5 Å². The lowest BCUT2D eigenvalue weighted by molar-refractivity contribution is 0.0954. The molecule has 2 aromatic carbocycles. The number of hydrogen-bond donors (Lipinski definition) is 1. The van der Waals surface area contributed by atoms with Gasteiger partial charge in [0, 0.05) is 10.9 Å². The van der Waals surface area contributed by atoms with E-state index in [9.17, 15) is 4.79 Å². The predicted octanol–water partition coefficient (Wildman–Crippen LogP) is 3.12. The van der Waals surface area contributed by atoms with Crippen molar-refractivity contribution in [3.05, 3.63) is 65.9 Å². The summed E-state index contributed by atoms with van der Waals surface area (Å²) in [6, 6.07) is 16.7. The lowest BCUT2D eigenvalue weighted by atomic mass is 10.2. The van der Waals surface area contributed by atoms with E-state index >= 15 is 0 Å². The molecule has 1 amide bonds. The highest BCUT2D eigenvalue weighted by Crippen LogP contribution is 2.32. The molecule has 0 atom stereocenters. The van der Waals surface area contributed by atoms with Crippen LogP contribution in [0.2, 0.25) is 0 Å². The number of pyridine rings is 1. The molecular weight excluding hydrogens is 318 g/mol. The molecule has 0 fully saturated rings. The molecule has 3 aromatic rings. The molecule has 1 N–H and O–H groups in total. The second-order valence-corrected chi connectivity index (χ2v) is 5.60. The average molecular weight is 333 g/mol. The quantitative estimate of drug-likeness (QED) is 0.590. The maximum Gasteiger partial charge on any atom is 0.271 e. The summed E-state index contributed by atoms with van der Waals surface area (Å²) in [7, 11) is 0. The van der Waals surface area contributed by atoms with Crippen molar-refractivity contribution in [1.29, 1.82) is 0 Å². The number of hydrazone groups is 1. The lowest BCUT2D eigenvalue weighted by Crippen LogP contribution is -2.19. The van der Waals surface area contributed by atoms with Crippen LogP contribution in [0.25, 0.3) is 10.9 Å². The number of benzene rings is 2. The highest BCUT2D eigenvalue weighted by molar-refractivity contribution is 6.01. The highest BCUT2D eigenvalue weighted by Gasteiger charge is 2.16. The van der Waals surface area contributed by atoms with Gasteiger partial charge in [-0.05, 0) is 37.3 Å². The van der Waals surface area contributed by atoms with Crippen molar-refractivity contribution >= 4 is 22.5 Å². The van der Waals surface area contributed by atoms with E-state index in [1.165, 1.54) is 0 Å². The van der Waals surface area contributed by atoms with Crippen LogP contribution in [0.5, 0.6) is 11.5 Å². The summed E-state index contributed by atoms with van der Waals surface area (Å²) in [6.07, 6.45) is 0. The van der Waals surface area contributed by atoms with Gasteiger partial charge in [0.1, 0.15) is 0 Å². The molecule has 6 nitrogen and oxygen atoms in total. The molecule has 0 saturated heterocycles. The maximum absolute atomic E-state index is 12.3. The van der Waals surface area contributed by atoms with Gasteiger partial charge >= 0.3 is 0 Å². The summed E-state index contributed by atoms with van der Waals surface area (Å²) in [4.78, 5) is 16.8. The van der Waals surface area contributed by atoms with Crippen LogP contribution < -0.4 is 14.9 Å². The molecule has 1 aliphatic rings. The molecule has 0 spiro atoms. The Morgan fingerprint density at radius 3 is 2.84 bits per heavy atom. The first kappa shape index (κ1) is 15.1. The van der Waals surface area contributed by atoms with Crippen LogP contribution in [0.15, 0.2) is 59.7 Å². The van der Waals surface area contributed by atoms with Gasteiger partial charge < -0.3 is 9.47 Å². The second kappa shape index (κ2) is 6.24. The van der Waals surface area contributed by atoms with Crippen LogP contribution in [-0.4, -0.2) is 23.4 Å². The Balaban J connectivity index is 1.52. The molecule has 6 heteroatoms. The fraction of sp³-hybridized carbons (Fsp3) is 0.105. The number of nitrogens with zero attached hydrogens (tertiary/aromatic N) is 2. The van der Waals surface area contributed by atoms with Crippen molar-refractivity contribution in [2.24, 2.45) is 5.10 Å². The fourth-order valence-corrected chi connectivity index (χ4v) is 2.56. The van der Waals surface area contributed by atoms with Gasteiger partial charge in [-0.1, -0.05) is 24.3 Å². The Labute approximate surface area is 144 Å². The third kappa shape index (κ3) is 3.01. The zero-order valence-corrected chi connectivity index (χ0v) is 13.5. The minimum atomic E-state index is -0.321. The summed E-state index contributed by atoms with van der Waals surface area (Å²) < 4.78 is 10.5. The molecule has 4 rings (SSSR count). The van der Waals surface area contributed by atoms with E-state index < -0.39 is 0 Å². The zero-order chi connectivity index (χ0) is 17.2. The molecule has 0 bridgehead atoms. The molecule has 2 heterocycles. The largest absolute Gasteiger partial charge is 0.454 e. The van der Waals surface area contributed by atoms with Gasteiger partial charge in [0.05, 0.1) is 16.9 Å². The lowest BCUT2D eigenvalue weighted by Gasteiger charge is -2.05. The summed E-state index contributed by atoms with van der Waals surface area (Å²) >= 11 is 0. The minimum Gasteiger partial charge on any atom is -0.454 e. The normalized spacial score (nSPS) is 13.1. The van der Waals surface area contributed by atoms with Gasteiger partial charge in [0.25, 0.3) is 5.91 Å². The van der Waals surface area contributed by atoms with E-state index in [0.29, 0.717) is 28.5 Å². The van der Waals surface area contributed by atoms with Crippen LogP contribution in [0, 0.1) is 0 Å². The number of amides is 1. The standard InChI is InChI=1S/C19H15N3O3/c1-12(15-8-6-13-4-2-3-5-16(13)20-15)21-22-19(23)14-7-9-17-18(10-14)25-11-24-17/h2-10H,11H2,1H3,(H,22,23)/b21-12+. The molecule has 0 aliphatic carbocycles. The van der Waals surface area contributed by atoms with Gasteiger partial charge in [0.15, 0.2) is 11.5 Å². The molecule has 1 aliphatic heterocycles. The Morgan fingerprint density at radius 2 is 1.92 bits per heavy atom. The van der Waals surface area contributed by atoms with Gasteiger partial charge in [-0.15, -0.1) is 0 Å². The molecule has 25 heavy (non-hydrogen) atoms. The van der Waals surface area contributed by atoms with Crippen molar-refractivity contribution in [2.75, 3.05) is 6.79 Å². The monoisotopic (exact) mass is 333 g/mol. The van der Waals surface area contributed by atoms with Crippen molar-refractivity contribution < 1.29 is 14.3 Å². The van der Waals surface area contributed by atoms with Crippen LogP contribution in [0.3, 0.4) is 0 Å². The Kier molecular flexibility index (Phi) is 3.78. The molecule has 124 valence electrons. The summed E-state index contributed by atoms with van der Waals surface area (Å²) in [5.41, 5.74) is 5.22. The van der Waals surface area contributed by atoms with Crippen LogP contribution in [0.1, 0.15) is 23.0 Å². The van der Waals surface area contributed by atoms with Crippen molar-refractivity contribution in [2.45, 2.75) is 6.92 Å². The van der Waals surface area contributed by atoms with Gasteiger partial charge in [-0.3, -0.25) is 4.79 Å². The number of nitrogens with one attached hydrogen (secondary N) is 1. The maximum atomic E-state index is 12.3. The van der Waals surface area contributed by atoms with Gasteiger partial charge in [-0.25, -0.2) is 10.4 Å². The zero-order valence-electron chi connectivity index (χ0n) is 13.5. The smallest absolute Gasteiger partial charge is 0.271 e. The Morgan fingerprint density at radius 1 is 1.08 bits per heavy atom.